The summed E-state index contributed by atoms with van der Waals surface area (Å²) in [7, 11) is -4.33. The second-order valence-corrected chi connectivity index (χ2v) is 7.01. The number of rotatable bonds is 2. The highest BCUT2D eigenvalue weighted by Gasteiger charge is 2.64. The van der Waals surface area contributed by atoms with E-state index in [-0.39, 0.29) is 17.7 Å². The Morgan fingerprint density at radius 2 is 1.85 bits per heavy atom. The fraction of sp³-hybridized carbons (Fsp3) is 0.385. The number of benzene rings is 1. The van der Waals surface area contributed by atoms with Gasteiger partial charge in [-0.15, -0.1) is 0 Å². The first-order valence-electron chi connectivity index (χ1n) is 6.22. The molecule has 2 atom stereocenters. The first-order valence-corrected chi connectivity index (χ1v) is 7.66. The van der Waals surface area contributed by atoms with Crippen molar-refractivity contribution in [1.82, 2.24) is 0 Å². The minimum Gasteiger partial charge on any atom is -0.434 e. The molecule has 1 heterocycles. The first-order chi connectivity index (χ1) is 9.24. The lowest BCUT2D eigenvalue weighted by atomic mass is 10.2. The number of amides is 2. The topological polar surface area (TPSA) is 88.5 Å². The highest BCUT2D eigenvalue weighted by molar-refractivity contribution is 7.86. The van der Waals surface area contributed by atoms with E-state index in [4.69, 9.17) is 0 Å². The van der Waals surface area contributed by atoms with Crippen molar-refractivity contribution in [2.24, 2.45) is 0 Å². The highest BCUT2D eigenvalue weighted by Crippen LogP contribution is 2.36. The van der Waals surface area contributed by atoms with Crippen LogP contribution in [0.4, 0.5) is 4.79 Å². The average molecular weight is 298 g/mol. The average Bonchev–Trinajstić information content (AvgIpc) is 2.67. The number of aryl methyl sites for hydroxylation is 1. The molecule has 1 saturated heterocycles. The number of nitrogens with zero attached hydrogens (tertiary/aromatic N) is 1. The highest BCUT2D eigenvalue weighted by atomic mass is 32.2. The third-order valence-corrected chi connectivity index (χ3v) is 6.10. The van der Waals surface area contributed by atoms with Gasteiger partial charge in [0.15, 0.2) is 0 Å². The number of hydrogen-bond acceptors (Lipinski definition) is 4. The molecule has 1 N–H and O–H groups in total. The molecular weight excluding hydrogens is 282 g/mol. The SMILES string of the molecule is Cc1ccc(S(=O)(=O)[N+]2(C(=O)O)C(=O)CC[C@H]2C)cc1. The standard InChI is InChI=1S/C13H15NO5S/c1-9-3-6-11(7-4-9)20(18,19)14(13(16)17)10(2)5-8-12(14)15/h3-4,6-7,10H,5,8H2,1-2H3/p+1/t10-,14?/m1/s1. The number of imide groups is 1. The Labute approximate surface area is 117 Å². The van der Waals surface area contributed by atoms with E-state index in [9.17, 15) is 23.1 Å². The summed E-state index contributed by atoms with van der Waals surface area (Å²) in [5.41, 5.74) is 0.853. The third-order valence-electron chi connectivity index (χ3n) is 3.75. The van der Waals surface area contributed by atoms with Gasteiger partial charge in [0, 0.05) is 6.42 Å². The molecule has 0 aliphatic carbocycles. The molecule has 1 unspecified atom stereocenters. The number of hydrogen-bond donors (Lipinski definition) is 1. The maximum atomic E-state index is 12.7. The van der Waals surface area contributed by atoms with E-state index in [1.165, 1.54) is 19.1 Å². The van der Waals surface area contributed by atoms with Crippen LogP contribution in [0, 0.1) is 6.92 Å². The molecule has 1 aliphatic heterocycles. The Bertz CT molecular complexity index is 665. The van der Waals surface area contributed by atoms with Crippen LogP contribution in [0.3, 0.4) is 0 Å². The van der Waals surface area contributed by atoms with Crippen LogP contribution in [-0.2, 0) is 14.8 Å². The van der Waals surface area contributed by atoms with Gasteiger partial charge in [-0.2, -0.15) is 13.2 Å². The molecule has 1 aromatic rings. The summed E-state index contributed by atoms with van der Waals surface area (Å²) in [6.07, 6.45) is -1.44. The zero-order chi connectivity index (χ0) is 15.1. The van der Waals surface area contributed by atoms with Gasteiger partial charge in [-0.1, -0.05) is 21.6 Å². The number of likely N-dealkylation sites (tertiary alicyclic amines) is 1. The Hall–Kier alpha value is -1.73. The zero-order valence-corrected chi connectivity index (χ0v) is 12.1. The maximum Gasteiger partial charge on any atom is 0.537 e. The van der Waals surface area contributed by atoms with Crippen LogP contribution >= 0.6 is 0 Å². The molecule has 7 heteroatoms. The smallest absolute Gasteiger partial charge is 0.434 e. The van der Waals surface area contributed by atoms with E-state index < -0.39 is 32.0 Å². The van der Waals surface area contributed by atoms with Gasteiger partial charge in [0.2, 0.25) is 0 Å². The first kappa shape index (κ1) is 14.7. The predicted molar refractivity (Wildman–Crippen MR) is 70.4 cm³/mol. The van der Waals surface area contributed by atoms with Crippen LogP contribution in [0.5, 0.6) is 0 Å². The van der Waals surface area contributed by atoms with Crippen LogP contribution in [0.1, 0.15) is 25.3 Å². The summed E-state index contributed by atoms with van der Waals surface area (Å²) >= 11 is 0. The van der Waals surface area contributed by atoms with Crippen LogP contribution in [0.25, 0.3) is 0 Å². The van der Waals surface area contributed by atoms with Gasteiger partial charge in [-0.05, 0) is 26.0 Å². The molecule has 0 radical (unpaired) electrons. The summed E-state index contributed by atoms with van der Waals surface area (Å²) in [5.74, 6) is -0.787. The molecule has 1 aromatic carbocycles. The minimum atomic E-state index is -4.33. The number of carbonyl (C=O) groups excluding carboxylic acids is 1. The fourth-order valence-electron chi connectivity index (χ4n) is 2.57. The molecule has 0 saturated carbocycles. The van der Waals surface area contributed by atoms with Gasteiger partial charge in [0.1, 0.15) is 10.9 Å². The second kappa shape index (κ2) is 4.68. The van der Waals surface area contributed by atoms with Gasteiger partial charge in [-0.25, -0.2) is 4.79 Å². The van der Waals surface area contributed by atoms with Gasteiger partial charge >= 0.3 is 22.0 Å². The largest absolute Gasteiger partial charge is 0.537 e. The molecule has 20 heavy (non-hydrogen) atoms. The molecule has 2 rings (SSSR count). The van der Waals surface area contributed by atoms with Crippen molar-refractivity contribution in [3.8, 4) is 0 Å². The number of carbonyl (C=O) groups is 2. The van der Waals surface area contributed by atoms with E-state index in [1.54, 1.807) is 19.1 Å². The maximum absolute atomic E-state index is 12.7. The van der Waals surface area contributed by atoms with Crippen LogP contribution in [0.2, 0.25) is 0 Å². The molecule has 108 valence electrons. The summed E-state index contributed by atoms with van der Waals surface area (Å²) in [6.45, 7) is 3.27. The summed E-state index contributed by atoms with van der Waals surface area (Å²) in [4.78, 5) is 23.5. The molecule has 1 fully saturated rings. The predicted octanol–water partition coefficient (Wildman–Crippen LogP) is 1.89. The van der Waals surface area contributed by atoms with Gasteiger partial charge in [-0.3, -0.25) is 0 Å². The van der Waals surface area contributed by atoms with Crippen molar-refractivity contribution in [2.75, 3.05) is 0 Å². The normalized spacial score (nSPS) is 26.7. The fourth-order valence-corrected chi connectivity index (χ4v) is 4.53. The Kier molecular flexibility index (Phi) is 3.43. The van der Waals surface area contributed by atoms with E-state index in [0.29, 0.717) is 0 Å². The number of carboxylic acid groups (broad SMARTS) is 1. The molecule has 0 aromatic heterocycles. The molecule has 1 aliphatic rings. The third kappa shape index (κ3) is 1.77. The molecule has 0 bridgehead atoms. The molecule has 2 amide bonds. The zero-order valence-electron chi connectivity index (χ0n) is 11.2. The summed E-state index contributed by atoms with van der Waals surface area (Å²) in [5, 5.41) is 9.43. The van der Waals surface area contributed by atoms with Crippen LogP contribution in [-0.4, -0.2) is 35.5 Å². The second-order valence-electron chi connectivity index (χ2n) is 5.01. The molecule has 6 nitrogen and oxygen atoms in total. The molecular formula is C13H16NO5S+. The van der Waals surface area contributed by atoms with E-state index in [0.717, 1.165) is 5.56 Å². The Morgan fingerprint density at radius 1 is 1.30 bits per heavy atom. The molecule has 0 spiro atoms. The van der Waals surface area contributed by atoms with Crippen molar-refractivity contribution < 1.29 is 27.0 Å². The Morgan fingerprint density at radius 3 is 2.25 bits per heavy atom. The summed E-state index contributed by atoms with van der Waals surface area (Å²) in [6, 6.07) is 5.04. The monoisotopic (exact) mass is 298 g/mol. The number of sulfonamides is 1. The Balaban J connectivity index is 2.69. The lowest BCUT2D eigenvalue weighted by Crippen LogP contribution is -2.60. The van der Waals surface area contributed by atoms with Crippen LogP contribution < -0.4 is 0 Å². The van der Waals surface area contributed by atoms with Crippen molar-refractivity contribution in [3.05, 3.63) is 29.8 Å². The number of quaternary nitrogens is 1. The quantitative estimate of drug-likeness (QED) is 0.842. The van der Waals surface area contributed by atoms with Crippen molar-refractivity contribution in [1.29, 1.82) is 0 Å². The lowest BCUT2D eigenvalue weighted by molar-refractivity contribution is -0.668. The van der Waals surface area contributed by atoms with Gasteiger partial charge in [0.05, 0.1) is 6.42 Å². The van der Waals surface area contributed by atoms with E-state index >= 15 is 0 Å². The van der Waals surface area contributed by atoms with Crippen molar-refractivity contribution in [2.45, 2.75) is 37.6 Å². The van der Waals surface area contributed by atoms with Gasteiger partial charge < -0.3 is 5.11 Å². The minimum absolute atomic E-state index is 0.0431. The van der Waals surface area contributed by atoms with Crippen LogP contribution in [0.15, 0.2) is 29.2 Å². The van der Waals surface area contributed by atoms with Crippen molar-refractivity contribution in [3.63, 3.8) is 0 Å². The van der Waals surface area contributed by atoms with E-state index in [2.05, 4.69) is 0 Å². The van der Waals surface area contributed by atoms with Crippen molar-refractivity contribution >= 4 is 22.0 Å². The van der Waals surface area contributed by atoms with E-state index in [1.807, 2.05) is 0 Å². The summed E-state index contributed by atoms with van der Waals surface area (Å²) < 4.78 is 23.9. The van der Waals surface area contributed by atoms with Gasteiger partial charge in [0.25, 0.3) is 0 Å². The lowest BCUT2D eigenvalue weighted by Gasteiger charge is -2.28.